The van der Waals surface area contributed by atoms with Crippen molar-refractivity contribution in [2.24, 2.45) is 0 Å². The third kappa shape index (κ3) is 1.72. The van der Waals surface area contributed by atoms with Gasteiger partial charge in [-0.1, -0.05) is 0 Å². The summed E-state index contributed by atoms with van der Waals surface area (Å²) in [7, 11) is 1.20. The smallest absolute Gasteiger partial charge is 0.420 e. The van der Waals surface area contributed by atoms with Crippen LogP contribution in [0.25, 0.3) is 10.9 Å². The van der Waals surface area contributed by atoms with Crippen LogP contribution in [0.1, 0.15) is 5.56 Å². The molecule has 86 valence electrons. The first-order chi connectivity index (χ1) is 7.45. The zero-order valence-electron chi connectivity index (χ0n) is 8.02. The molecule has 2 rings (SSSR count). The van der Waals surface area contributed by atoms with Crippen molar-refractivity contribution in [2.45, 2.75) is 6.18 Å². The average Bonchev–Trinajstić information content (AvgIpc) is 2.58. The van der Waals surface area contributed by atoms with Crippen molar-refractivity contribution in [3.8, 4) is 5.75 Å². The summed E-state index contributed by atoms with van der Waals surface area (Å²) >= 11 is 1.96. The van der Waals surface area contributed by atoms with Crippen LogP contribution in [0.15, 0.2) is 12.1 Å². The van der Waals surface area contributed by atoms with Crippen LogP contribution in [0, 0.1) is 3.70 Å². The van der Waals surface area contributed by atoms with Crippen molar-refractivity contribution in [3.63, 3.8) is 0 Å². The van der Waals surface area contributed by atoms with E-state index < -0.39 is 11.7 Å². The zero-order valence-corrected chi connectivity index (χ0v) is 10.2. The van der Waals surface area contributed by atoms with Crippen molar-refractivity contribution >= 4 is 33.5 Å². The van der Waals surface area contributed by atoms with Crippen LogP contribution >= 0.6 is 22.6 Å². The first-order valence-electron chi connectivity index (χ1n) is 4.23. The van der Waals surface area contributed by atoms with Crippen molar-refractivity contribution in [3.05, 3.63) is 21.4 Å². The number of benzene rings is 1. The Morgan fingerprint density at radius 2 is 2.06 bits per heavy atom. The van der Waals surface area contributed by atoms with Gasteiger partial charge in [-0.05, 0) is 34.7 Å². The molecule has 0 unspecified atom stereocenters. The Balaban J connectivity index is 2.78. The molecule has 0 fully saturated rings. The van der Waals surface area contributed by atoms with Gasteiger partial charge in [0.25, 0.3) is 0 Å². The van der Waals surface area contributed by atoms with E-state index in [4.69, 9.17) is 4.74 Å². The fraction of sp³-hybridized carbons (Fsp3) is 0.222. The van der Waals surface area contributed by atoms with E-state index in [1.165, 1.54) is 13.2 Å². The summed E-state index contributed by atoms with van der Waals surface area (Å²) in [6.45, 7) is 0. The minimum absolute atomic E-state index is 0.196. The van der Waals surface area contributed by atoms with Crippen LogP contribution in [0.5, 0.6) is 5.75 Å². The Morgan fingerprint density at radius 1 is 1.38 bits per heavy atom. The summed E-state index contributed by atoms with van der Waals surface area (Å²) in [5.74, 6) is -0.246. The highest BCUT2D eigenvalue weighted by Crippen LogP contribution is 2.40. The summed E-state index contributed by atoms with van der Waals surface area (Å²) in [6, 6.07) is 2.38. The lowest BCUT2D eigenvalue weighted by Gasteiger charge is -2.11. The van der Waals surface area contributed by atoms with E-state index in [2.05, 4.69) is 10.2 Å². The lowest BCUT2D eigenvalue weighted by molar-refractivity contribution is -0.138. The quantitative estimate of drug-likeness (QED) is 0.809. The first kappa shape index (κ1) is 11.5. The van der Waals surface area contributed by atoms with Gasteiger partial charge in [0.1, 0.15) is 9.22 Å². The largest absolute Gasteiger partial charge is 0.494 e. The van der Waals surface area contributed by atoms with Gasteiger partial charge in [0.05, 0.1) is 12.7 Å². The summed E-state index contributed by atoms with van der Waals surface area (Å²) in [4.78, 5) is 0. The van der Waals surface area contributed by atoms with Gasteiger partial charge in [0, 0.05) is 5.39 Å². The Labute approximate surface area is 102 Å². The molecule has 0 aliphatic rings. The lowest BCUT2D eigenvalue weighted by Crippen LogP contribution is -2.07. The molecule has 1 heterocycles. The monoisotopic (exact) mass is 342 g/mol. The Kier molecular flexibility index (Phi) is 2.72. The number of nitrogens with one attached hydrogen (secondary N) is 1. The molecule has 0 saturated heterocycles. The van der Waals surface area contributed by atoms with Crippen LogP contribution in [-0.2, 0) is 6.18 Å². The van der Waals surface area contributed by atoms with E-state index in [1.54, 1.807) is 0 Å². The first-order valence-corrected chi connectivity index (χ1v) is 5.30. The summed E-state index contributed by atoms with van der Waals surface area (Å²) in [6.07, 6.45) is -4.44. The molecule has 1 N–H and O–H groups in total. The maximum absolute atomic E-state index is 12.7. The molecule has 3 nitrogen and oxygen atoms in total. The number of H-pyrrole nitrogens is 1. The number of fused-ring (bicyclic) bond motifs is 1. The highest BCUT2D eigenvalue weighted by atomic mass is 127. The number of aromatic nitrogens is 2. The fourth-order valence-electron chi connectivity index (χ4n) is 1.45. The van der Waals surface area contributed by atoms with Crippen molar-refractivity contribution in [1.82, 2.24) is 10.2 Å². The molecule has 16 heavy (non-hydrogen) atoms. The molecule has 0 aliphatic heterocycles. The standard InChI is InChI=1S/C9H6F3IN2O/c1-16-7-5(9(10,11)12)3-2-4-6(7)14-15-8(4)13/h2-3H,1H3,(H,14,15). The van der Waals surface area contributed by atoms with Gasteiger partial charge in [-0.2, -0.15) is 18.3 Å². The highest BCUT2D eigenvalue weighted by Gasteiger charge is 2.35. The second-order valence-corrected chi connectivity index (χ2v) is 4.16. The number of hydrogen-bond donors (Lipinski definition) is 1. The number of methoxy groups -OCH3 is 1. The van der Waals surface area contributed by atoms with Crippen molar-refractivity contribution in [2.75, 3.05) is 7.11 Å². The number of hydrogen-bond acceptors (Lipinski definition) is 2. The topological polar surface area (TPSA) is 37.9 Å². The number of ether oxygens (including phenoxy) is 1. The normalized spacial score (nSPS) is 12.1. The molecule has 0 aliphatic carbocycles. The van der Waals surface area contributed by atoms with E-state index >= 15 is 0 Å². The Hall–Kier alpha value is -0.990. The molecule has 0 spiro atoms. The fourth-order valence-corrected chi connectivity index (χ4v) is 2.01. The summed E-state index contributed by atoms with van der Waals surface area (Å²) in [5, 5.41) is 7.04. The van der Waals surface area contributed by atoms with E-state index in [-0.39, 0.29) is 11.3 Å². The van der Waals surface area contributed by atoms with Gasteiger partial charge in [0.15, 0.2) is 5.75 Å². The van der Waals surface area contributed by atoms with E-state index in [9.17, 15) is 13.2 Å². The van der Waals surface area contributed by atoms with Crippen LogP contribution < -0.4 is 4.74 Å². The average molecular weight is 342 g/mol. The van der Waals surface area contributed by atoms with E-state index in [0.29, 0.717) is 9.09 Å². The highest BCUT2D eigenvalue weighted by molar-refractivity contribution is 14.1. The second-order valence-electron chi connectivity index (χ2n) is 3.08. The third-order valence-corrected chi connectivity index (χ3v) is 2.97. The van der Waals surface area contributed by atoms with Gasteiger partial charge >= 0.3 is 6.18 Å². The SMILES string of the molecule is COc1c(C(F)(F)F)ccc2c(I)[nH]nc12. The molecule has 0 amide bonds. The van der Waals surface area contributed by atoms with E-state index in [0.717, 1.165) is 6.07 Å². The van der Waals surface area contributed by atoms with Crippen LogP contribution in [0.3, 0.4) is 0 Å². The third-order valence-electron chi connectivity index (χ3n) is 2.14. The molecule has 0 atom stereocenters. The van der Waals surface area contributed by atoms with Crippen molar-refractivity contribution < 1.29 is 17.9 Å². The molecule has 2 aromatic rings. The molecule has 1 aromatic heterocycles. The second kappa shape index (κ2) is 3.79. The van der Waals surface area contributed by atoms with E-state index in [1.807, 2.05) is 22.6 Å². The number of alkyl halides is 3. The minimum atomic E-state index is -4.44. The predicted molar refractivity (Wildman–Crippen MR) is 60.4 cm³/mol. The predicted octanol–water partition coefficient (Wildman–Crippen LogP) is 3.19. The molecular weight excluding hydrogens is 336 g/mol. The molecule has 0 radical (unpaired) electrons. The number of aromatic amines is 1. The molecule has 7 heteroatoms. The summed E-state index contributed by atoms with van der Waals surface area (Å²) in [5.41, 5.74) is -0.618. The van der Waals surface area contributed by atoms with Crippen molar-refractivity contribution in [1.29, 1.82) is 0 Å². The minimum Gasteiger partial charge on any atom is -0.494 e. The van der Waals surface area contributed by atoms with Gasteiger partial charge in [-0.25, -0.2) is 0 Å². The van der Waals surface area contributed by atoms with Gasteiger partial charge in [-0.3, -0.25) is 5.10 Å². The maximum Gasteiger partial charge on any atom is 0.420 e. The van der Waals surface area contributed by atoms with Gasteiger partial charge < -0.3 is 4.74 Å². The maximum atomic E-state index is 12.7. The lowest BCUT2D eigenvalue weighted by atomic mass is 10.1. The van der Waals surface area contributed by atoms with Gasteiger partial charge in [-0.15, -0.1) is 0 Å². The Morgan fingerprint density at radius 3 is 2.62 bits per heavy atom. The molecule has 0 saturated carbocycles. The molecular formula is C9H6F3IN2O. The number of nitrogens with zero attached hydrogens (tertiary/aromatic N) is 1. The Bertz CT molecular complexity index is 535. The van der Waals surface area contributed by atoms with Crippen LogP contribution in [0.4, 0.5) is 13.2 Å². The van der Waals surface area contributed by atoms with Crippen LogP contribution in [0.2, 0.25) is 0 Å². The summed E-state index contributed by atoms with van der Waals surface area (Å²) < 4.78 is 43.4. The molecule has 1 aromatic carbocycles. The van der Waals surface area contributed by atoms with Crippen LogP contribution in [-0.4, -0.2) is 17.3 Å². The number of rotatable bonds is 1. The van der Waals surface area contributed by atoms with Gasteiger partial charge in [0.2, 0.25) is 0 Å². The molecule has 0 bridgehead atoms. The zero-order chi connectivity index (χ0) is 11.9. The number of halogens is 4.